The standard InChI is InChI=1S/C47H73NO15/c1-28-18-15-13-11-9-7-5-6-8-10-12-14-16-19-35(63-47-45(57)42(48)44(56)31(4)61-47)27-39-41(46(58)59)38(53)26-34(62-39)20-17-21-36(51)37(52)23-22-32(49)24-33(50)25-40(54)60-30(3)29(2)43(28)55/h5-16,18-19,28-39,41-45,47,49-53,55-57H,17,20-27,48H2,1-4H3,(H,58,59)/b6-5+,9-7+,10-8+,13-11+,14-12+,18-15+,19-16+/t28-,29-,30-,31?,32+,33+,34+,35-,36+,37+,38-,39-,41+,42?,43+,44?,45?,47?/m0/s1. The molecule has 0 amide bonds. The number of aliphatic carboxylic acids is 1. The Kier molecular flexibility index (Phi) is 23.9. The number of hydrogen-bond donors (Lipinski definition) is 10. The quantitative estimate of drug-likeness (QED) is 0.182. The number of cyclic esters (lactones) is 1. The predicted octanol–water partition coefficient (Wildman–Crippen LogP) is 2.42. The molecule has 5 unspecified atom stereocenters. The van der Waals surface area contributed by atoms with Gasteiger partial charge >= 0.3 is 11.9 Å². The highest BCUT2D eigenvalue weighted by molar-refractivity contribution is 5.71. The van der Waals surface area contributed by atoms with Gasteiger partial charge in [-0.3, -0.25) is 9.59 Å². The van der Waals surface area contributed by atoms with Crippen molar-refractivity contribution in [2.45, 2.75) is 177 Å². The molecule has 3 aliphatic rings. The zero-order chi connectivity index (χ0) is 46.6. The summed E-state index contributed by atoms with van der Waals surface area (Å²) in [4.78, 5) is 25.0. The van der Waals surface area contributed by atoms with Gasteiger partial charge in [0, 0.05) is 24.7 Å². The van der Waals surface area contributed by atoms with Crippen LogP contribution in [0.25, 0.3) is 0 Å². The first-order valence-corrected chi connectivity index (χ1v) is 22.2. The lowest BCUT2D eigenvalue weighted by Crippen LogP contribution is -2.61. The molecule has 0 spiro atoms. The molecule has 0 radical (unpaired) electrons. The Labute approximate surface area is 371 Å². The lowest BCUT2D eigenvalue weighted by molar-refractivity contribution is -0.279. The topological polar surface area (TPSA) is 279 Å². The van der Waals surface area contributed by atoms with E-state index >= 15 is 0 Å². The second-order valence-electron chi connectivity index (χ2n) is 17.1. The molecule has 3 heterocycles. The van der Waals surface area contributed by atoms with Crippen LogP contribution in [0.4, 0.5) is 0 Å². The van der Waals surface area contributed by atoms with Crippen LogP contribution in [-0.4, -0.2) is 150 Å². The Hall–Kier alpha value is -3.36. The Balaban J connectivity index is 1.80. The number of fused-ring (bicyclic) bond motifs is 2. The molecule has 2 saturated heterocycles. The number of aliphatic hydroxyl groups is 8. The maximum Gasteiger partial charge on any atom is 0.311 e. The summed E-state index contributed by atoms with van der Waals surface area (Å²) in [5, 5.41) is 95.6. The lowest BCUT2D eigenvalue weighted by atomic mass is 9.84. The minimum Gasteiger partial charge on any atom is -0.481 e. The number of rotatable bonds is 3. The maximum absolute atomic E-state index is 12.6. The third kappa shape index (κ3) is 18.6. The summed E-state index contributed by atoms with van der Waals surface area (Å²) >= 11 is 0. The third-order valence-corrected chi connectivity index (χ3v) is 12.0. The summed E-state index contributed by atoms with van der Waals surface area (Å²) in [6, 6.07) is -1.07. The van der Waals surface area contributed by atoms with Gasteiger partial charge < -0.3 is 70.6 Å². The fourth-order valence-corrected chi connectivity index (χ4v) is 7.84. The number of hydrogen-bond acceptors (Lipinski definition) is 15. The highest BCUT2D eigenvalue weighted by Gasteiger charge is 2.45. The molecule has 63 heavy (non-hydrogen) atoms. The Morgan fingerprint density at radius 2 is 1.21 bits per heavy atom. The van der Waals surface area contributed by atoms with Gasteiger partial charge in [0.2, 0.25) is 0 Å². The van der Waals surface area contributed by atoms with E-state index in [-0.39, 0.29) is 50.9 Å². The molecule has 0 saturated carbocycles. The molecular weight excluding hydrogens is 819 g/mol. The van der Waals surface area contributed by atoms with Gasteiger partial charge in [-0.05, 0) is 52.4 Å². The van der Waals surface area contributed by atoms with Crippen molar-refractivity contribution >= 4 is 11.9 Å². The Bertz CT molecular complexity index is 1580. The second-order valence-corrected chi connectivity index (χ2v) is 17.1. The van der Waals surface area contributed by atoms with Crippen molar-refractivity contribution in [1.29, 1.82) is 0 Å². The average Bonchev–Trinajstić information content (AvgIpc) is 3.22. The molecule has 0 aromatic heterocycles. The van der Waals surface area contributed by atoms with Crippen LogP contribution in [0.15, 0.2) is 85.1 Å². The molecule has 0 aromatic rings. The number of aliphatic hydroxyl groups excluding tert-OH is 8. The van der Waals surface area contributed by atoms with Crippen molar-refractivity contribution < 1.29 is 74.5 Å². The first-order valence-electron chi connectivity index (χ1n) is 22.2. The van der Waals surface area contributed by atoms with Gasteiger partial charge in [-0.25, -0.2) is 0 Å². The van der Waals surface area contributed by atoms with Crippen LogP contribution in [0, 0.1) is 17.8 Å². The van der Waals surface area contributed by atoms with E-state index in [9.17, 15) is 55.5 Å². The highest BCUT2D eigenvalue weighted by Crippen LogP contribution is 2.33. The number of carbonyl (C=O) groups excluding carboxylic acids is 1. The van der Waals surface area contributed by atoms with Crippen LogP contribution in [-0.2, 0) is 28.5 Å². The minimum atomic E-state index is -1.41. The highest BCUT2D eigenvalue weighted by atomic mass is 16.7. The van der Waals surface area contributed by atoms with Gasteiger partial charge in [0.15, 0.2) is 6.29 Å². The molecule has 3 aliphatic heterocycles. The number of carboxylic acid groups (broad SMARTS) is 1. The molecule has 2 bridgehead atoms. The summed E-state index contributed by atoms with van der Waals surface area (Å²) in [5.74, 6) is -3.93. The first kappa shape index (κ1) is 54.0. The molecule has 356 valence electrons. The minimum absolute atomic E-state index is 0.00550. The van der Waals surface area contributed by atoms with Crippen molar-refractivity contribution in [2.75, 3.05) is 0 Å². The predicted molar refractivity (Wildman–Crippen MR) is 234 cm³/mol. The van der Waals surface area contributed by atoms with Crippen molar-refractivity contribution in [3.8, 4) is 0 Å². The van der Waals surface area contributed by atoms with Crippen molar-refractivity contribution in [3.05, 3.63) is 85.1 Å². The number of esters is 1. The maximum atomic E-state index is 12.6. The van der Waals surface area contributed by atoms with Crippen LogP contribution >= 0.6 is 0 Å². The molecule has 18 atom stereocenters. The third-order valence-electron chi connectivity index (χ3n) is 12.0. The summed E-state index contributed by atoms with van der Waals surface area (Å²) in [5.41, 5.74) is 6.04. The number of carbonyl (C=O) groups is 2. The fraction of sp³-hybridized carbons (Fsp3) is 0.660. The molecule has 0 aromatic carbocycles. The fourth-order valence-electron chi connectivity index (χ4n) is 7.84. The smallest absolute Gasteiger partial charge is 0.311 e. The second kappa shape index (κ2) is 27.8. The van der Waals surface area contributed by atoms with Gasteiger partial charge in [-0.15, -0.1) is 0 Å². The largest absolute Gasteiger partial charge is 0.481 e. The van der Waals surface area contributed by atoms with E-state index in [1.807, 2.05) is 61.6 Å². The lowest BCUT2D eigenvalue weighted by Gasteiger charge is -2.42. The van der Waals surface area contributed by atoms with E-state index in [4.69, 9.17) is 24.7 Å². The number of nitrogens with two attached hydrogens (primary N) is 1. The molecule has 16 heteroatoms. The summed E-state index contributed by atoms with van der Waals surface area (Å²) in [6.45, 7) is 6.88. The SMILES string of the molecule is CC1OC(O[C@H]2/C=C/C=C/C=C/C=C/C=C/C=C/C=C/[C@H](C)[C@@H](O)[C@@H](C)[C@H](C)OC(=O)C[C@H](O)C[C@H](O)CC[C@@H](O)[C@H](O)CCC[C@@H]3C[C@H](O)[C@@H](C(=O)O)[C@H](C2)O3)C(O)C(N)C1O. The normalized spacial score (nSPS) is 44.2. The zero-order valence-corrected chi connectivity index (χ0v) is 36.9. The zero-order valence-electron chi connectivity index (χ0n) is 36.9. The molecule has 0 aliphatic carbocycles. The van der Waals surface area contributed by atoms with Gasteiger partial charge in [0.25, 0.3) is 0 Å². The number of carboxylic acids is 1. The van der Waals surface area contributed by atoms with Crippen molar-refractivity contribution in [1.82, 2.24) is 0 Å². The molecule has 3 rings (SSSR count). The molecule has 16 nitrogen and oxygen atoms in total. The summed E-state index contributed by atoms with van der Waals surface area (Å²) in [7, 11) is 0. The molecule has 11 N–H and O–H groups in total. The van der Waals surface area contributed by atoms with Crippen molar-refractivity contribution in [3.63, 3.8) is 0 Å². The van der Waals surface area contributed by atoms with E-state index in [0.717, 1.165) is 0 Å². The Morgan fingerprint density at radius 1 is 0.635 bits per heavy atom. The van der Waals surface area contributed by atoms with E-state index in [1.54, 1.807) is 51.2 Å². The van der Waals surface area contributed by atoms with Crippen molar-refractivity contribution in [2.24, 2.45) is 23.5 Å². The molecular formula is C47H73NO15. The van der Waals surface area contributed by atoms with Gasteiger partial charge in [0.1, 0.15) is 18.1 Å². The summed E-state index contributed by atoms with van der Waals surface area (Å²) < 4.78 is 23.6. The van der Waals surface area contributed by atoms with E-state index in [2.05, 4.69) is 0 Å². The average molecular weight is 892 g/mol. The van der Waals surface area contributed by atoms with Crippen LogP contribution in [0.5, 0.6) is 0 Å². The Morgan fingerprint density at radius 3 is 1.81 bits per heavy atom. The van der Waals surface area contributed by atoms with E-state index < -0.39 is 115 Å². The number of ether oxygens (including phenoxy) is 4. The van der Waals surface area contributed by atoms with E-state index in [0.29, 0.717) is 12.8 Å². The van der Waals surface area contributed by atoms with Gasteiger partial charge in [0.05, 0.1) is 79.6 Å². The van der Waals surface area contributed by atoms with Crippen LogP contribution < -0.4 is 5.73 Å². The molecule has 2 fully saturated rings. The van der Waals surface area contributed by atoms with Crippen LogP contribution in [0.3, 0.4) is 0 Å². The summed E-state index contributed by atoms with van der Waals surface area (Å²) in [6.07, 6.45) is 10.7. The van der Waals surface area contributed by atoms with E-state index in [1.165, 1.54) is 0 Å². The van der Waals surface area contributed by atoms with Gasteiger partial charge in [-0.2, -0.15) is 0 Å². The number of allylic oxidation sites excluding steroid dienone is 12. The monoisotopic (exact) mass is 891 g/mol. The van der Waals surface area contributed by atoms with Gasteiger partial charge in [-0.1, -0.05) is 98.9 Å². The van der Waals surface area contributed by atoms with Crippen LogP contribution in [0.1, 0.15) is 85.5 Å². The van der Waals surface area contributed by atoms with Crippen LogP contribution in [0.2, 0.25) is 0 Å². The first-order chi connectivity index (χ1) is 29.9.